The molecule has 0 unspecified atom stereocenters. The van der Waals surface area contributed by atoms with Gasteiger partial charge < -0.3 is 66.3 Å². The fourth-order valence-electron chi connectivity index (χ4n) is 20.3. The lowest BCUT2D eigenvalue weighted by Gasteiger charge is -2.36. The van der Waals surface area contributed by atoms with Gasteiger partial charge in [0.15, 0.2) is 0 Å². The maximum atomic E-state index is 6.44. The predicted octanol–water partition coefficient (Wildman–Crippen LogP) is 28.6. The first-order chi connectivity index (χ1) is 68.1. The van der Waals surface area contributed by atoms with Crippen LogP contribution in [0.15, 0.2) is 303 Å². The molecule has 0 saturated carbocycles. The molecule has 4 atom stereocenters. The lowest BCUT2D eigenvalue weighted by molar-refractivity contribution is 0.0822. The van der Waals surface area contributed by atoms with E-state index in [0.29, 0.717) is 66.1 Å². The van der Waals surface area contributed by atoms with E-state index in [1.165, 1.54) is 77.9 Å². The van der Waals surface area contributed by atoms with Gasteiger partial charge in [0.2, 0.25) is 0 Å². The van der Waals surface area contributed by atoms with Crippen LogP contribution < -0.4 is 66.3 Å². The molecule has 8 heterocycles. The van der Waals surface area contributed by atoms with Crippen LogP contribution in [0.25, 0.3) is 0 Å². The molecule has 0 amide bonds. The average molecular weight is 1870 g/mol. The van der Waals surface area contributed by atoms with Crippen molar-refractivity contribution in [1.29, 1.82) is 0 Å². The van der Waals surface area contributed by atoms with Gasteiger partial charge in [0.25, 0.3) is 0 Å². The Morgan fingerprint density at radius 3 is 0.693 bits per heavy atom. The van der Waals surface area contributed by atoms with E-state index >= 15 is 0 Å². The summed E-state index contributed by atoms with van der Waals surface area (Å²) in [6.07, 6.45) is 13.7. The summed E-state index contributed by atoms with van der Waals surface area (Å²) in [4.78, 5) is 0. The van der Waals surface area contributed by atoms with Crippen LogP contribution in [0.4, 0.5) is 0 Å². The number of rotatable bonds is 24. The lowest BCUT2D eigenvalue weighted by atomic mass is 9.86. The molecule has 0 aliphatic carbocycles. The van der Waals surface area contributed by atoms with Gasteiger partial charge in [-0.3, -0.25) is 0 Å². The topological polar surface area (TPSA) is 129 Å². The molecule has 14 aromatic rings. The van der Waals surface area contributed by atoms with E-state index in [2.05, 4.69) is 263 Å². The zero-order chi connectivity index (χ0) is 96.2. The molecular formula is C126H132O14. The normalized spacial score (nSPS) is 18.0. The van der Waals surface area contributed by atoms with E-state index in [1.807, 2.05) is 109 Å². The van der Waals surface area contributed by atoms with Crippen molar-refractivity contribution in [3.63, 3.8) is 0 Å². The zero-order valence-electron chi connectivity index (χ0n) is 82.9. The fourth-order valence-corrected chi connectivity index (χ4v) is 20.3. The van der Waals surface area contributed by atoms with Gasteiger partial charge in [-0.15, -0.1) is 0 Å². The molecule has 0 saturated heterocycles. The first-order valence-electron chi connectivity index (χ1n) is 50.5. The minimum Gasteiger partial charge on any atom is -0.492 e. The van der Waals surface area contributed by atoms with Gasteiger partial charge in [-0.1, -0.05) is 257 Å². The third-order valence-corrected chi connectivity index (χ3v) is 28.4. The second-order valence-corrected chi connectivity index (χ2v) is 40.9. The van der Waals surface area contributed by atoms with Gasteiger partial charge in [0.05, 0.1) is 26.4 Å². The third kappa shape index (κ3) is 23.4. The summed E-state index contributed by atoms with van der Waals surface area (Å²) in [6.45, 7) is 27.3. The van der Waals surface area contributed by atoms with Crippen LogP contribution in [0.5, 0.6) is 80.5 Å². The predicted molar refractivity (Wildman–Crippen MR) is 555 cm³/mol. The highest BCUT2D eigenvalue weighted by atomic mass is 16.5. The van der Waals surface area contributed by atoms with E-state index in [1.54, 1.807) is 0 Å². The van der Waals surface area contributed by atoms with Crippen LogP contribution in [-0.4, -0.2) is 48.8 Å². The molecule has 0 N–H and O–H groups in total. The van der Waals surface area contributed by atoms with Crippen molar-refractivity contribution in [2.75, 3.05) is 26.4 Å². The summed E-state index contributed by atoms with van der Waals surface area (Å²) in [7, 11) is 0. The van der Waals surface area contributed by atoms with E-state index in [-0.39, 0.29) is 46.1 Å². The minimum atomic E-state index is -0.131. The van der Waals surface area contributed by atoms with Crippen molar-refractivity contribution in [2.24, 2.45) is 0 Å². The first kappa shape index (κ1) is 95.2. The van der Waals surface area contributed by atoms with Crippen molar-refractivity contribution in [3.05, 3.63) is 415 Å². The summed E-state index contributed by atoms with van der Waals surface area (Å²) < 4.78 is 88.4. The number of hydrogen-bond donors (Lipinski definition) is 0. The average Bonchev–Trinajstić information content (AvgIpc) is 0.775. The van der Waals surface area contributed by atoms with Crippen LogP contribution in [0, 0.1) is 0 Å². The Morgan fingerprint density at radius 2 is 0.457 bits per heavy atom. The van der Waals surface area contributed by atoms with Gasteiger partial charge >= 0.3 is 0 Å². The van der Waals surface area contributed by atoms with E-state index < -0.39 is 0 Å². The van der Waals surface area contributed by atoms with Crippen molar-refractivity contribution in [2.45, 2.75) is 245 Å². The molecule has 14 heteroatoms. The Balaban J connectivity index is 0.000000119. The second kappa shape index (κ2) is 42.9. The summed E-state index contributed by atoms with van der Waals surface area (Å²) in [5.74, 6) is 14.2. The maximum absolute atomic E-state index is 6.44. The van der Waals surface area contributed by atoms with E-state index in [0.717, 1.165) is 204 Å². The molecule has 0 radical (unpaired) electrons. The van der Waals surface area contributed by atoms with Gasteiger partial charge in [0.1, 0.15) is 143 Å². The highest BCUT2D eigenvalue weighted by Crippen LogP contribution is 2.52. The molecular weight excluding hydrogens is 1740 g/mol. The van der Waals surface area contributed by atoms with E-state index in [9.17, 15) is 0 Å². The standard InChI is InChI=1S/2C34H34O4.2C29H32O3/c2*1-34(2)18-17-30-31(38-34)16-13-26-19-27(23-37-33(26)30)29-15-14-28(35-21-24-9-5-3-6-10-24)20-32(29)36-22-25-11-7-4-8-12-25;2*1-4-20-10-12-24(27(16-20)30-18-21-8-6-5-7-9-21)23-17-22-11-13-26-25(28(22)31-19-23)14-15-29(2,3)32-26/h2*3-16,20,27H,17-19,21-23H2,1-2H3;2*5-13,16,23H,4,14-15,17-19H2,1-3H3/t2*27-;2*23-/m1010/s1. The van der Waals surface area contributed by atoms with Crippen LogP contribution in [0.2, 0.25) is 0 Å². The second-order valence-electron chi connectivity index (χ2n) is 40.9. The highest BCUT2D eigenvalue weighted by molar-refractivity contribution is 5.60. The minimum absolute atomic E-state index is 0.107. The van der Waals surface area contributed by atoms with Crippen molar-refractivity contribution >= 4 is 0 Å². The summed E-state index contributed by atoms with van der Waals surface area (Å²) >= 11 is 0. The highest BCUT2D eigenvalue weighted by Gasteiger charge is 2.39. The maximum Gasteiger partial charge on any atom is 0.129 e. The number of fused-ring (bicyclic) bond motifs is 12. The van der Waals surface area contributed by atoms with Gasteiger partial charge in [-0.25, -0.2) is 0 Å². The van der Waals surface area contributed by atoms with Crippen molar-refractivity contribution in [3.8, 4) is 80.5 Å². The Kier molecular flexibility index (Phi) is 29.2. The van der Waals surface area contributed by atoms with Gasteiger partial charge in [-0.05, 0) is 261 Å². The smallest absolute Gasteiger partial charge is 0.129 e. The third-order valence-electron chi connectivity index (χ3n) is 28.4. The lowest BCUT2D eigenvalue weighted by Crippen LogP contribution is -2.33. The molecule has 140 heavy (non-hydrogen) atoms. The number of ether oxygens (including phenoxy) is 14. The molecule has 14 nitrogen and oxygen atoms in total. The van der Waals surface area contributed by atoms with Gasteiger partial charge in [-0.2, -0.15) is 0 Å². The number of hydrogen-bond acceptors (Lipinski definition) is 14. The Labute approximate surface area is 827 Å². The SMILES string of the molecule is CC1(C)CCc2c(ccc3c2OC[C@@H](c2ccc(OCc4ccccc4)cc2OCc2ccccc2)C3)O1.CC1(C)CCc2c(ccc3c2OC[C@H](c2ccc(OCc4ccccc4)cc2OCc2ccccc2)C3)O1.CCc1ccc([C@@H]2COc3c(ccc4c3CCC(C)(C)O4)C2)c(OCc2ccccc2)c1.CCc1ccc([C@H]2COc3c(ccc4c3CCC(C)(C)O4)C2)c(OCc2ccccc2)c1. The molecule has 14 aromatic carbocycles. The molecule has 0 aromatic heterocycles. The Hall–Kier alpha value is -13.7. The molecule has 0 spiro atoms. The summed E-state index contributed by atoms with van der Waals surface area (Å²) in [6, 6.07) is 105. The molecule has 0 bridgehead atoms. The summed E-state index contributed by atoms with van der Waals surface area (Å²) in [5, 5.41) is 0. The quantitative estimate of drug-likeness (QED) is 0.0569. The van der Waals surface area contributed by atoms with Crippen LogP contribution in [0.1, 0.15) is 230 Å². The Morgan fingerprint density at radius 1 is 0.236 bits per heavy atom. The van der Waals surface area contributed by atoms with Crippen LogP contribution in [-0.2, 0) is 104 Å². The largest absolute Gasteiger partial charge is 0.492 e. The fraction of sp³-hybridized carbons (Fsp3) is 0.333. The molecule has 0 fully saturated rings. The van der Waals surface area contributed by atoms with Crippen molar-refractivity contribution in [1.82, 2.24) is 0 Å². The van der Waals surface area contributed by atoms with Gasteiger partial charge in [0, 0.05) is 80.3 Å². The molecule has 8 aliphatic rings. The van der Waals surface area contributed by atoms with Crippen molar-refractivity contribution < 1.29 is 66.3 Å². The van der Waals surface area contributed by atoms with E-state index in [4.69, 9.17) is 66.3 Å². The number of aryl methyl sites for hydroxylation is 2. The summed E-state index contributed by atoms with van der Waals surface area (Å²) in [5.41, 5.74) is 23.7. The van der Waals surface area contributed by atoms with Crippen LogP contribution in [0.3, 0.4) is 0 Å². The molecule has 8 aliphatic heterocycles. The monoisotopic (exact) mass is 1870 g/mol. The molecule has 720 valence electrons. The molecule has 22 rings (SSSR count). The van der Waals surface area contributed by atoms with Crippen LogP contribution >= 0.6 is 0 Å². The Bertz CT molecular complexity index is 6180. The zero-order valence-corrected chi connectivity index (χ0v) is 82.9. The number of benzene rings is 14. The first-order valence-corrected chi connectivity index (χ1v) is 50.5.